The van der Waals surface area contributed by atoms with Gasteiger partial charge in [-0.25, -0.2) is 0 Å². The van der Waals surface area contributed by atoms with Crippen LogP contribution in [0.15, 0.2) is 24.3 Å². The van der Waals surface area contributed by atoms with Crippen molar-refractivity contribution in [3.8, 4) is 0 Å². The van der Waals surface area contributed by atoms with E-state index >= 15 is 0 Å². The van der Waals surface area contributed by atoms with Gasteiger partial charge in [0.25, 0.3) is 5.91 Å². The lowest BCUT2D eigenvalue weighted by molar-refractivity contribution is -0.146. The summed E-state index contributed by atoms with van der Waals surface area (Å²) >= 11 is 5.52. The van der Waals surface area contributed by atoms with Crippen molar-refractivity contribution in [3.63, 3.8) is 0 Å². The normalized spacial score (nSPS) is 11.1. The molecule has 1 amide bonds. The predicted molar refractivity (Wildman–Crippen MR) is 45.0 cm³/mol. The van der Waals surface area contributed by atoms with Crippen molar-refractivity contribution in [2.24, 2.45) is 0 Å². The summed E-state index contributed by atoms with van der Waals surface area (Å²) in [6.07, 6.45) is -4.74. The number of hydrogen-bond donors (Lipinski definition) is 1. The predicted octanol–water partition coefficient (Wildman–Crippen LogP) is 2.59. The molecule has 0 aliphatic rings. The maximum atomic E-state index is 11.7. The quantitative estimate of drug-likeness (QED) is 0.729. The van der Waals surface area contributed by atoms with Gasteiger partial charge in [0.15, 0.2) is 0 Å². The first-order valence-electron chi connectivity index (χ1n) is 3.54. The van der Waals surface area contributed by atoms with Gasteiger partial charge >= 0.3 is 6.30 Å². The third kappa shape index (κ3) is 2.92. The lowest BCUT2D eigenvalue weighted by Crippen LogP contribution is -2.37. The van der Waals surface area contributed by atoms with Crippen molar-refractivity contribution in [3.05, 3.63) is 34.9 Å². The molecule has 14 heavy (non-hydrogen) atoms. The molecule has 76 valence electrons. The Bertz CT molecular complexity index is 351. The van der Waals surface area contributed by atoms with Gasteiger partial charge in [0, 0.05) is 0 Å². The molecular formula is C8H5ClF3NO. The molecule has 1 aromatic carbocycles. The Balaban J connectivity index is 2.86. The van der Waals surface area contributed by atoms with Crippen LogP contribution in [0.3, 0.4) is 0 Å². The highest BCUT2D eigenvalue weighted by molar-refractivity contribution is 6.33. The molecule has 0 saturated carbocycles. The van der Waals surface area contributed by atoms with E-state index in [2.05, 4.69) is 0 Å². The number of nitrogens with one attached hydrogen (secondary N) is 1. The van der Waals surface area contributed by atoms with Crippen LogP contribution in [0.5, 0.6) is 0 Å². The van der Waals surface area contributed by atoms with Crippen molar-refractivity contribution in [1.29, 1.82) is 0 Å². The zero-order valence-corrected chi connectivity index (χ0v) is 7.49. The van der Waals surface area contributed by atoms with Crippen LogP contribution < -0.4 is 5.32 Å². The van der Waals surface area contributed by atoms with Crippen molar-refractivity contribution >= 4 is 17.5 Å². The number of amides is 1. The molecule has 0 atom stereocenters. The topological polar surface area (TPSA) is 29.1 Å². The Kier molecular flexibility index (Phi) is 3.00. The number of halogens is 4. The minimum Gasteiger partial charge on any atom is -0.269 e. The number of alkyl halides is 3. The van der Waals surface area contributed by atoms with E-state index in [1.54, 1.807) is 0 Å². The van der Waals surface area contributed by atoms with Gasteiger partial charge in [-0.05, 0) is 12.1 Å². The molecule has 0 aromatic heterocycles. The van der Waals surface area contributed by atoms with Crippen molar-refractivity contribution in [1.82, 2.24) is 5.32 Å². The molecule has 0 unspecified atom stereocenters. The molecule has 0 radical (unpaired) electrons. The van der Waals surface area contributed by atoms with Crippen LogP contribution in [0, 0.1) is 0 Å². The van der Waals surface area contributed by atoms with Gasteiger partial charge < -0.3 is 0 Å². The van der Waals surface area contributed by atoms with E-state index in [1.165, 1.54) is 24.3 Å². The van der Waals surface area contributed by atoms with Gasteiger partial charge in [0.1, 0.15) is 0 Å². The van der Waals surface area contributed by atoms with Crippen LogP contribution in [0.25, 0.3) is 0 Å². The summed E-state index contributed by atoms with van der Waals surface area (Å²) in [7, 11) is 0. The summed E-state index contributed by atoms with van der Waals surface area (Å²) < 4.78 is 35.2. The number of rotatable bonds is 1. The molecular weight excluding hydrogens is 219 g/mol. The smallest absolute Gasteiger partial charge is 0.269 e. The molecule has 0 spiro atoms. The zero-order chi connectivity index (χ0) is 10.8. The van der Waals surface area contributed by atoms with Crippen molar-refractivity contribution in [2.45, 2.75) is 6.30 Å². The summed E-state index contributed by atoms with van der Waals surface area (Å²) in [6.45, 7) is 0. The second-order valence-corrected chi connectivity index (χ2v) is 2.84. The minimum absolute atomic E-state index is 0.0192. The average Bonchev–Trinajstić information content (AvgIpc) is 2.01. The minimum atomic E-state index is -4.74. The molecule has 1 aromatic rings. The first kappa shape index (κ1) is 10.8. The maximum absolute atomic E-state index is 11.7. The fourth-order valence-electron chi connectivity index (χ4n) is 0.841. The number of benzene rings is 1. The summed E-state index contributed by atoms with van der Waals surface area (Å²) in [6, 6.07) is 5.50. The van der Waals surface area contributed by atoms with Gasteiger partial charge in [-0.15, -0.1) is 0 Å². The Morgan fingerprint density at radius 2 is 1.86 bits per heavy atom. The lowest BCUT2D eigenvalue weighted by atomic mass is 10.2. The molecule has 0 heterocycles. The SMILES string of the molecule is O=C(NC(F)(F)F)c1ccccc1Cl. The van der Waals surface area contributed by atoms with Crippen LogP contribution in [0.4, 0.5) is 13.2 Å². The van der Waals surface area contributed by atoms with E-state index < -0.39 is 12.2 Å². The number of carbonyl (C=O) groups excluding carboxylic acids is 1. The van der Waals surface area contributed by atoms with Crippen LogP contribution in [-0.2, 0) is 0 Å². The Morgan fingerprint density at radius 3 is 2.36 bits per heavy atom. The van der Waals surface area contributed by atoms with E-state index in [0.717, 1.165) is 5.32 Å². The highest BCUT2D eigenvalue weighted by Crippen LogP contribution is 2.17. The molecule has 6 heteroatoms. The van der Waals surface area contributed by atoms with E-state index in [4.69, 9.17) is 11.6 Å². The molecule has 2 nitrogen and oxygen atoms in total. The summed E-state index contributed by atoms with van der Waals surface area (Å²) in [5.74, 6) is -1.26. The first-order chi connectivity index (χ1) is 6.40. The highest BCUT2D eigenvalue weighted by atomic mass is 35.5. The van der Waals surface area contributed by atoms with Gasteiger partial charge in [-0.3, -0.25) is 10.1 Å². The fourth-order valence-corrected chi connectivity index (χ4v) is 1.06. The van der Waals surface area contributed by atoms with E-state index in [0.29, 0.717) is 0 Å². The molecule has 0 aliphatic carbocycles. The standard InChI is InChI=1S/C8H5ClF3NO/c9-6-4-2-1-3-5(6)7(14)13-8(10,11)12/h1-4H,(H,13,14). The van der Waals surface area contributed by atoms with Gasteiger partial charge in [0.2, 0.25) is 0 Å². The van der Waals surface area contributed by atoms with E-state index in [-0.39, 0.29) is 10.6 Å². The second kappa shape index (κ2) is 3.88. The Hall–Kier alpha value is -1.23. The van der Waals surface area contributed by atoms with E-state index in [1.807, 2.05) is 0 Å². The van der Waals surface area contributed by atoms with Crippen LogP contribution in [0.1, 0.15) is 10.4 Å². The third-order valence-corrected chi connectivity index (χ3v) is 1.70. The second-order valence-electron chi connectivity index (χ2n) is 2.43. The monoisotopic (exact) mass is 223 g/mol. The largest absolute Gasteiger partial charge is 0.484 e. The van der Waals surface area contributed by atoms with E-state index in [9.17, 15) is 18.0 Å². The number of hydrogen-bond acceptors (Lipinski definition) is 1. The molecule has 1 rings (SSSR count). The van der Waals surface area contributed by atoms with Gasteiger partial charge in [-0.2, -0.15) is 13.2 Å². The maximum Gasteiger partial charge on any atom is 0.484 e. The third-order valence-electron chi connectivity index (χ3n) is 1.37. The first-order valence-corrected chi connectivity index (χ1v) is 3.92. The van der Waals surface area contributed by atoms with Crippen molar-refractivity contribution in [2.75, 3.05) is 0 Å². The highest BCUT2D eigenvalue weighted by Gasteiger charge is 2.30. The Labute approximate surface area is 82.7 Å². The van der Waals surface area contributed by atoms with Crippen LogP contribution in [-0.4, -0.2) is 12.2 Å². The van der Waals surface area contributed by atoms with Crippen molar-refractivity contribution < 1.29 is 18.0 Å². The molecule has 0 aliphatic heterocycles. The molecule has 0 fully saturated rings. The van der Waals surface area contributed by atoms with Crippen LogP contribution in [0.2, 0.25) is 5.02 Å². The summed E-state index contributed by atoms with van der Waals surface area (Å²) in [5, 5.41) is 0.834. The average molecular weight is 224 g/mol. The summed E-state index contributed by atoms with van der Waals surface area (Å²) in [4.78, 5) is 11.0. The Morgan fingerprint density at radius 1 is 1.29 bits per heavy atom. The van der Waals surface area contributed by atoms with Crippen LogP contribution >= 0.6 is 11.6 Å². The lowest BCUT2D eigenvalue weighted by Gasteiger charge is -2.08. The van der Waals surface area contributed by atoms with Gasteiger partial charge in [0.05, 0.1) is 10.6 Å². The fraction of sp³-hybridized carbons (Fsp3) is 0.125. The summed E-state index contributed by atoms with van der Waals surface area (Å²) in [5.41, 5.74) is -0.202. The molecule has 0 bridgehead atoms. The number of carbonyl (C=O) groups is 1. The molecule has 1 N–H and O–H groups in total. The zero-order valence-electron chi connectivity index (χ0n) is 6.73. The molecule has 0 saturated heterocycles. The van der Waals surface area contributed by atoms with Gasteiger partial charge in [-0.1, -0.05) is 23.7 Å².